The Labute approximate surface area is 51.3 Å². The van der Waals surface area contributed by atoms with Crippen LogP contribution in [0.3, 0.4) is 0 Å². The normalized spacial score (nSPS) is 10.2. The van der Waals surface area contributed by atoms with Crippen molar-refractivity contribution in [3.8, 4) is 0 Å². The number of benzene rings is 1. The third-order valence-corrected chi connectivity index (χ3v) is 1.02. The Kier molecular flexibility index (Phi) is 0.773. The molecule has 2 aromatic rings. The molecule has 0 N–H and O–H groups in total. The lowest BCUT2D eigenvalue weighted by Gasteiger charge is -1.75. The van der Waals surface area contributed by atoms with E-state index in [2.05, 4.69) is 27.0 Å². The first-order valence-electron chi connectivity index (χ1n) is 2.47. The molecule has 3 nitrogen and oxygen atoms in total. The topological polar surface area (TPSA) is 38.9 Å². The van der Waals surface area contributed by atoms with E-state index in [4.69, 9.17) is 0 Å². The summed E-state index contributed by atoms with van der Waals surface area (Å²) in [6.45, 7) is 0. The molecular formula is C6H2N2O. The van der Waals surface area contributed by atoms with Crippen molar-refractivity contribution in [2.24, 2.45) is 0 Å². The quantitative estimate of drug-likeness (QED) is 0.514. The summed E-state index contributed by atoms with van der Waals surface area (Å²) >= 11 is 0. The Morgan fingerprint density at radius 1 is 1.56 bits per heavy atom. The Hall–Kier alpha value is -1.38. The summed E-state index contributed by atoms with van der Waals surface area (Å²) < 4.78 is 4.67. The lowest BCUT2D eigenvalue weighted by atomic mass is 10.3. The first kappa shape index (κ1) is 4.49. The number of fused-ring (bicyclic) bond motifs is 1. The fraction of sp³-hybridized carbons (Fsp3) is 0. The van der Waals surface area contributed by atoms with E-state index in [0.29, 0.717) is 11.1 Å². The van der Waals surface area contributed by atoms with E-state index in [1.54, 1.807) is 12.1 Å². The van der Waals surface area contributed by atoms with Gasteiger partial charge in [-0.1, -0.05) is 6.07 Å². The van der Waals surface area contributed by atoms with Crippen molar-refractivity contribution in [1.82, 2.24) is 10.4 Å². The molecule has 2 rings (SSSR count). The van der Waals surface area contributed by atoms with Gasteiger partial charge in [-0.2, -0.15) is 0 Å². The van der Waals surface area contributed by atoms with Crippen LogP contribution in [0.4, 0.5) is 0 Å². The van der Waals surface area contributed by atoms with Crippen molar-refractivity contribution < 1.29 is 4.52 Å². The zero-order valence-electron chi connectivity index (χ0n) is 4.46. The van der Waals surface area contributed by atoms with Crippen molar-refractivity contribution in [1.29, 1.82) is 0 Å². The lowest BCUT2D eigenvalue weighted by Crippen LogP contribution is -1.64. The molecule has 0 atom stereocenters. The predicted octanol–water partition coefficient (Wildman–Crippen LogP) is 0.823. The van der Waals surface area contributed by atoms with Crippen molar-refractivity contribution in [3.63, 3.8) is 0 Å². The fourth-order valence-corrected chi connectivity index (χ4v) is 0.621. The highest BCUT2D eigenvalue weighted by atomic mass is 16.5. The zero-order chi connectivity index (χ0) is 6.10. The molecule has 0 aliphatic heterocycles. The first-order chi connectivity index (χ1) is 4.47. The van der Waals surface area contributed by atoms with E-state index >= 15 is 0 Å². The molecule has 9 heavy (non-hydrogen) atoms. The number of rotatable bonds is 0. The van der Waals surface area contributed by atoms with Crippen LogP contribution in [0, 0.1) is 12.1 Å². The molecule has 0 aliphatic rings. The molecule has 0 unspecified atom stereocenters. The van der Waals surface area contributed by atoms with E-state index in [1.807, 2.05) is 0 Å². The van der Waals surface area contributed by atoms with Crippen molar-refractivity contribution >= 4 is 11.1 Å². The largest absolute Gasteiger partial charge is 0.336 e. The Morgan fingerprint density at radius 2 is 2.56 bits per heavy atom. The first-order valence-corrected chi connectivity index (χ1v) is 2.47. The molecule has 0 saturated heterocycles. The minimum absolute atomic E-state index is 0.553. The van der Waals surface area contributed by atoms with Gasteiger partial charge in [-0.3, -0.25) is 0 Å². The monoisotopic (exact) mass is 118 g/mol. The summed E-state index contributed by atoms with van der Waals surface area (Å²) in [6.07, 6.45) is 0. The minimum atomic E-state index is 0.553. The van der Waals surface area contributed by atoms with Crippen LogP contribution < -0.4 is 0 Å². The second-order valence-corrected chi connectivity index (χ2v) is 1.59. The molecule has 0 amide bonds. The molecule has 1 heterocycles. The van der Waals surface area contributed by atoms with E-state index < -0.39 is 0 Å². The molecule has 0 saturated carbocycles. The summed E-state index contributed by atoms with van der Waals surface area (Å²) in [5.41, 5.74) is 1.27. The van der Waals surface area contributed by atoms with E-state index in [0.717, 1.165) is 0 Å². The maximum atomic E-state index is 4.67. The molecule has 3 heteroatoms. The molecule has 2 radical (unpaired) electrons. The fourth-order valence-electron chi connectivity index (χ4n) is 0.621. The maximum absolute atomic E-state index is 4.67. The molecule has 0 bridgehead atoms. The Balaban J connectivity index is 2.95. The van der Waals surface area contributed by atoms with Crippen LogP contribution in [-0.4, -0.2) is 10.4 Å². The summed E-state index contributed by atoms with van der Waals surface area (Å²) in [5.74, 6) is 0. The van der Waals surface area contributed by atoms with Gasteiger partial charge in [-0.25, -0.2) is 0 Å². The van der Waals surface area contributed by atoms with Crippen LogP contribution >= 0.6 is 0 Å². The average molecular weight is 118 g/mol. The molecule has 1 aromatic heterocycles. The second kappa shape index (κ2) is 1.55. The molecule has 42 valence electrons. The predicted molar refractivity (Wildman–Crippen MR) is 29.5 cm³/mol. The van der Waals surface area contributed by atoms with Crippen molar-refractivity contribution in [2.75, 3.05) is 0 Å². The second-order valence-electron chi connectivity index (χ2n) is 1.59. The van der Waals surface area contributed by atoms with E-state index in [9.17, 15) is 0 Å². The van der Waals surface area contributed by atoms with Gasteiger partial charge >= 0.3 is 0 Å². The van der Waals surface area contributed by atoms with Gasteiger partial charge in [-0.05, 0) is 12.1 Å². The smallest absolute Gasteiger partial charge is 0.196 e. The summed E-state index contributed by atoms with van der Waals surface area (Å²) in [7, 11) is 0. The third-order valence-electron chi connectivity index (χ3n) is 1.02. The SMILES string of the molecule is [c]1[c]c2onnc2cc1. The van der Waals surface area contributed by atoms with Gasteiger partial charge in [0.25, 0.3) is 0 Å². The lowest BCUT2D eigenvalue weighted by molar-refractivity contribution is 0.423. The van der Waals surface area contributed by atoms with Gasteiger partial charge in [-0.15, -0.1) is 5.10 Å². The molecular weight excluding hydrogens is 116 g/mol. The summed E-state index contributed by atoms with van der Waals surface area (Å²) in [5, 5.41) is 6.98. The Morgan fingerprint density at radius 3 is 3.44 bits per heavy atom. The standard InChI is InChI=1S/C6H2N2O/c1-2-4-6-5(3-1)7-8-9-6/h1,3H. The minimum Gasteiger partial charge on any atom is -0.336 e. The number of hydrogen-bond donors (Lipinski definition) is 0. The summed E-state index contributed by atoms with van der Waals surface area (Å²) in [6, 6.07) is 8.92. The van der Waals surface area contributed by atoms with Crippen LogP contribution in [0.2, 0.25) is 0 Å². The maximum Gasteiger partial charge on any atom is 0.196 e. The molecule has 0 fully saturated rings. The van der Waals surface area contributed by atoms with Gasteiger partial charge in [0.1, 0.15) is 5.52 Å². The van der Waals surface area contributed by atoms with Crippen molar-refractivity contribution in [3.05, 3.63) is 24.3 Å². The van der Waals surface area contributed by atoms with Crippen LogP contribution in [0.1, 0.15) is 0 Å². The molecule has 0 spiro atoms. The highest BCUT2D eigenvalue weighted by molar-refractivity contribution is 5.69. The number of aromatic nitrogens is 2. The van der Waals surface area contributed by atoms with Gasteiger partial charge < -0.3 is 4.52 Å². The van der Waals surface area contributed by atoms with Crippen LogP contribution in [0.5, 0.6) is 0 Å². The number of nitrogens with zero attached hydrogens (tertiary/aromatic N) is 2. The van der Waals surface area contributed by atoms with Crippen LogP contribution in [-0.2, 0) is 0 Å². The van der Waals surface area contributed by atoms with Gasteiger partial charge in [0, 0.05) is 11.3 Å². The number of hydrogen-bond acceptors (Lipinski definition) is 3. The van der Waals surface area contributed by atoms with Crippen molar-refractivity contribution in [2.45, 2.75) is 0 Å². The van der Waals surface area contributed by atoms with Crippen LogP contribution in [0.15, 0.2) is 16.7 Å². The van der Waals surface area contributed by atoms with E-state index in [1.165, 1.54) is 0 Å². The van der Waals surface area contributed by atoms with Gasteiger partial charge in [0.15, 0.2) is 5.58 Å². The molecule has 0 aliphatic carbocycles. The molecule has 1 aromatic carbocycles. The average Bonchev–Trinajstić information content (AvgIpc) is 2.33. The highest BCUT2D eigenvalue weighted by Crippen LogP contribution is 2.05. The Bertz CT molecular complexity index is 285. The van der Waals surface area contributed by atoms with Gasteiger partial charge in [0.05, 0.1) is 0 Å². The highest BCUT2D eigenvalue weighted by Gasteiger charge is 1.94. The van der Waals surface area contributed by atoms with E-state index in [-0.39, 0.29) is 0 Å². The third kappa shape index (κ3) is 0.579. The zero-order valence-corrected chi connectivity index (χ0v) is 4.46. The van der Waals surface area contributed by atoms with Crippen LogP contribution in [0.25, 0.3) is 11.1 Å². The summed E-state index contributed by atoms with van der Waals surface area (Å²) in [4.78, 5) is 0. The van der Waals surface area contributed by atoms with Gasteiger partial charge in [0.2, 0.25) is 0 Å².